The summed E-state index contributed by atoms with van der Waals surface area (Å²) in [4.78, 5) is 15.4. The van der Waals surface area contributed by atoms with Gasteiger partial charge in [0.05, 0.1) is 34.1 Å². The number of carboxylic acid groups (broad SMARTS) is 1. The third kappa shape index (κ3) is 5.26. The van der Waals surface area contributed by atoms with E-state index in [1.807, 2.05) is 12.1 Å². The second-order valence-electron chi connectivity index (χ2n) is 6.58. The largest absolute Gasteiger partial charge is 0.478 e. The monoisotopic (exact) mass is 458 g/mol. The van der Waals surface area contributed by atoms with E-state index in [4.69, 9.17) is 22.4 Å². The van der Waals surface area contributed by atoms with Crippen LogP contribution in [0, 0.1) is 0 Å². The van der Waals surface area contributed by atoms with E-state index in [0.29, 0.717) is 27.4 Å². The Balaban J connectivity index is 0.000000196. The van der Waals surface area contributed by atoms with Crippen LogP contribution in [0.3, 0.4) is 0 Å². The van der Waals surface area contributed by atoms with Crippen molar-refractivity contribution in [1.82, 2.24) is 14.8 Å². The summed E-state index contributed by atoms with van der Waals surface area (Å²) in [5.41, 5.74) is 7.77. The van der Waals surface area contributed by atoms with Gasteiger partial charge in [0.15, 0.2) is 9.84 Å². The zero-order chi connectivity index (χ0) is 22.6. The minimum Gasteiger partial charge on any atom is -0.478 e. The predicted molar refractivity (Wildman–Crippen MR) is 118 cm³/mol. The molecule has 3 N–H and O–H groups in total. The Labute approximate surface area is 183 Å². The van der Waals surface area contributed by atoms with Crippen molar-refractivity contribution in [1.29, 1.82) is 0 Å². The van der Waals surface area contributed by atoms with Gasteiger partial charge in [-0.15, -0.1) is 0 Å². The molecule has 0 saturated carbocycles. The van der Waals surface area contributed by atoms with Crippen molar-refractivity contribution < 1.29 is 18.3 Å². The SMILES string of the molecule is CS(=O)(=O)c1cccc(CN)c1.O=C(O)c1cncc2c1cnn2-c1ccc(Cl)cc1. The van der Waals surface area contributed by atoms with E-state index in [9.17, 15) is 13.2 Å². The average molecular weight is 459 g/mol. The molecule has 0 atom stereocenters. The summed E-state index contributed by atoms with van der Waals surface area (Å²) >= 11 is 5.84. The topological polar surface area (TPSA) is 128 Å². The lowest BCUT2D eigenvalue weighted by Gasteiger charge is -2.03. The molecule has 0 spiro atoms. The fraction of sp³-hybridized carbons (Fsp3) is 0.0952. The zero-order valence-corrected chi connectivity index (χ0v) is 18.0. The van der Waals surface area contributed by atoms with Crippen LogP contribution in [0.1, 0.15) is 15.9 Å². The number of fused-ring (bicyclic) bond motifs is 1. The van der Waals surface area contributed by atoms with Gasteiger partial charge < -0.3 is 10.8 Å². The number of pyridine rings is 1. The second-order valence-corrected chi connectivity index (χ2v) is 9.03. The fourth-order valence-electron chi connectivity index (χ4n) is 2.80. The maximum absolute atomic E-state index is 11.1. The molecule has 31 heavy (non-hydrogen) atoms. The highest BCUT2D eigenvalue weighted by Crippen LogP contribution is 2.21. The zero-order valence-electron chi connectivity index (χ0n) is 16.4. The van der Waals surface area contributed by atoms with Crippen molar-refractivity contribution in [3.8, 4) is 5.69 Å². The Morgan fingerprint density at radius 3 is 2.45 bits per heavy atom. The van der Waals surface area contributed by atoms with Gasteiger partial charge in [-0.1, -0.05) is 23.7 Å². The molecule has 0 aliphatic rings. The van der Waals surface area contributed by atoms with Crippen LogP contribution in [-0.2, 0) is 16.4 Å². The molecular weight excluding hydrogens is 440 g/mol. The van der Waals surface area contributed by atoms with E-state index < -0.39 is 15.8 Å². The van der Waals surface area contributed by atoms with E-state index in [2.05, 4.69) is 10.1 Å². The van der Waals surface area contributed by atoms with E-state index >= 15 is 0 Å². The highest BCUT2D eigenvalue weighted by Gasteiger charge is 2.13. The standard InChI is InChI=1S/C13H8ClN3O2.C8H11NO2S/c14-8-1-3-9(4-2-8)17-12-7-15-5-11(13(18)19)10(12)6-16-17;1-12(10,11)8-4-2-3-7(5-8)6-9/h1-7H,(H,18,19);2-5H,6,9H2,1H3. The fourth-order valence-corrected chi connectivity index (χ4v) is 3.62. The van der Waals surface area contributed by atoms with Crippen molar-refractivity contribution in [2.45, 2.75) is 11.4 Å². The van der Waals surface area contributed by atoms with Crippen molar-refractivity contribution in [2.24, 2.45) is 5.73 Å². The molecule has 2 heterocycles. The van der Waals surface area contributed by atoms with Gasteiger partial charge in [-0.3, -0.25) is 4.98 Å². The molecule has 10 heteroatoms. The Hall–Kier alpha value is -3.27. The minimum atomic E-state index is -3.09. The minimum absolute atomic E-state index is 0.137. The van der Waals surface area contributed by atoms with Crippen LogP contribution in [0.5, 0.6) is 0 Å². The number of benzene rings is 2. The Kier molecular flexibility index (Phi) is 6.69. The average Bonchev–Trinajstić information content (AvgIpc) is 3.18. The van der Waals surface area contributed by atoms with Gasteiger partial charge in [0.1, 0.15) is 0 Å². The van der Waals surface area contributed by atoms with Crippen molar-refractivity contribution >= 4 is 38.3 Å². The van der Waals surface area contributed by atoms with Gasteiger partial charge in [0.25, 0.3) is 0 Å². The number of sulfone groups is 1. The Morgan fingerprint density at radius 1 is 1.13 bits per heavy atom. The summed E-state index contributed by atoms with van der Waals surface area (Å²) in [6, 6.07) is 13.8. The maximum Gasteiger partial charge on any atom is 0.338 e. The molecule has 0 aliphatic heterocycles. The summed E-state index contributed by atoms with van der Waals surface area (Å²) in [5.74, 6) is -1.02. The van der Waals surface area contributed by atoms with Gasteiger partial charge >= 0.3 is 5.97 Å². The summed E-state index contributed by atoms with van der Waals surface area (Å²) < 4.78 is 23.8. The normalized spacial score (nSPS) is 11.1. The molecule has 160 valence electrons. The lowest BCUT2D eigenvalue weighted by molar-refractivity contribution is 0.0698. The first kappa shape index (κ1) is 22.4. The molecular formula is C21H19ClN4O4S. The Morgan fingerprint density at radius 2 is 1.84 bits per heavy atom. The Bertz CT molecular complexity index is 1340. The van der Waals surface area contributed by atoms with Crippen LogP contribution < -0.4 is 5.73 Å². The van der Waals surface area contributed by atoms with Gasteiger partial charge in [0, 0.05) is 29.4 Å². The highest BCUT2D eigenvalue weighted by atomic mass is 35.5. The molecule has 0 radical (unpaired) electrons. The smallest absolute Gasteiger partial charge is 0.338 e. The highest BCUT2D eigenvalue weighted by molar-refractivity contribution is 7.90. The maximum atomic E-state index is 11.1. The number of rotatable bonds is 4. The van der Waals surface area contributed by atoms with Crippen LogP contribution in [0.4, 0.5) is 0 Å². The predicted octanol–water partition coefficient (Wildman–Crippen LogP) is 3.32. The lowest BCUT2D eigenvalue weighted by atomic mass is 10.2. The first-order valence-corrected chi connectivity index (χ1v) is 11.3. The molecule has 0 amide bonds. The van der Waals surface area contributed by atoms with Crippen molar-refractivity contribution in [2.75, 3.05) is 6.26 Å². The summed E-state index contributed by atoms with van der Waals surface area (Å²) in [5, 5.41) is 14.5. The third-order valence-corrected chi connectivity index (χ3v) is 5.72. The number of hydrogen-bond acceptors (Lipinski definition) is 6. The summed E-state index contributed by atoms with van der Waals surface area (Å²) in [6.45, 7) is 0.364. The molecule has 0 bridgehead atoms. The lowest BCUT2D eigenvalue weighted by Crippen LogP contribution is -2.00. The molecule has 2 aromatic carbocycles. The number of hydrogen-bond donors (Lipinski definition) is 2. The molecule has 4 aromatic rings. The first-order valence-electron chi connectivity index (χ1n) is 9.00. The third-order valence-electron chi connectivity index (χ3n) is 4.36. The molecule has 0 saturated heterocycles. The molecule has 0 aliphatic carbocycles. The van der Waals surface area contributed by atoms with Crippen LogP contribution in [0.2, 0.25) is 5.02 Å². The number of nitrogens with two attached hydrogens (primary N) is 1. The number of carbonyl (C=O) groups is 1. The van der Waals surface area contributed by atoms with Gasteiger partial charge in [-0.2, -0.15) is 5.10 Å². The van der Waals surface area contributed by atoms with Crippen LogP contribution in [-0.4, -0.2) is 40.5 Å². The second kappa shape index (κ2) is 9.25. The van der Waals surface area contributed by atoms with Crippen molar-refractivity contribution in [3.05, 3.63) is 83.3 Å². The van der Waals surface area contributed by atoms with Crippen molar-refractivity contribution in [3.63, 3.8) is 0 Å². The molecule has 8 nitrogen and oxygen atoms in total. The summed E-state index contributed by atoms with van der Waals surface area (Å²) in [7, 11) is -3.09. The van der Waals surface area contributed by atoms with E-state index in [1.165, 1.54) is 18.6 Å². The van der Waals surface area contributed by atoms with Gasteiger partial charge in [-0.25, -0.2) is 17.9 Å². The van der Waals surface area contributed by atoms with Gasteiger partial charge in [0.2, 0.25) is 0 Å². The van der Waals surface area contributed by atoms with E-state index in [1.54, 1.807) is 47.3 Å². The van der Waals surface area contributed by atoms with Crippen LogP contribution in [0.25, 0.3) is 16.6 Å². The summed E-state index contributed by atoms with van der Waals surface area (Å²) in [6.07, 6.45) is 5.61. The number of halogens is 1. The van der Waals surface area contributed by atoms with Crippen LogP contribution >= 0.6 is 11.6 Å². The van der Waals surface area contributed by atoms with Gasteiger partial charge in [-0.05, 0) is 42.0 Å². The quantitative estimate of drug-likeness (QED) is 0.480. The molecule has 2 aromatic heterocycles. The number of aromatic nitrogens is 3. The number of carboxylic acids is 1. The molecule has 0 fully saturated rings. The first-order chi connectivity index (χ1) is 14.7. The van der Waals surface area contributed by atoms with E-state index in [0.717, 1.165) is 11.3 Å². The number of nitrogens with zero attached hydrogens (tertiary/aromatic N) is 3. The molecule has 0 unspecified atom stereocenters. The molecule has 4 rings (SSSR count). The number of aromatic carboxylic acids is 1. The van der Waals surface area contributed by atoms with E-state index in [-0.39, 0.29) is 5.56 Å². The van der Waals surface area contributed by atoms with Crippen LogP contribution in [0.15, 0.2) is 72.0 Å².